The fourth-order valence-corrected chi connectivity index (χ4v) is 2.90. The van der Waals surface area contributed by atoms with Crippen molar-refractivity contribution >= 4 is 0 Å². The lowest BCUT2D eigenvalue weighted by Crippen LogP contribution is -2.41. The van der Waals surface area contributed by atoms with E-state index in [1.807, 2.05) is 7.11 Å². The number of nitrogens with one attached hydrogen (secondary N) is 1. The van der Waals surface area contributed by atoms with Crippen LogP contribution in [0.25, 0.3) is 0 Å². The Morgan fingerprint density at radius 2 is 1.65 bits per heavy atom. The van der Waals surface area contributed by atoms with Crippen LogP contribution in [0.1, 0.15) is 72.1 Å². The zero-order valence-electron chi connectivity index (χ0n) is 12.2. The van der Waals surface area contributed by atoms with Gasteiger partial charge in [0.2, 0.25) is 0 Å². The summed E-state index contributed by atoms with van der Waals surface area (Å²) in [6, 6.07) is 1.28. The molecule has 1 rings (SSSR count). The molecule has 1 fully saturated rings. The zero-order valence-corrected chi connectivity index (χ0v) is 12.2. The predicted octanol–water partition coefficient (Wildman–Crippen LogP) is 3.89. The molecule has 0 spiro atoms. The Balaban J connectivity index is 2.30. The van der Waals surface area contributed by atoms with Gasteiger partial charge in [-0.05, 0) is 40.0 Å². The highest BCUT2D eigenvalue weighted by molar-refractivity contribution is 4.79. The van der Waals surface area contributed by atoms with Crippen molar-refractivity contribution in [1.29, 1.82) is 0 Å². The second-order valence-electron chi connectivity index (χ2n) is 6.28. The third kappa shape index (κ3) is 6.42. The Morgan fingerprint density at radius 3 is 2.18 bits per heavy atom. The van der Waals surface area contributed by atoms with Gasteiger partial charge in [-0.1, -0.05) is 32.1 Å². The van der Waals surface area contributed by atoms with E-state index in [2.05, 4.69) is 26.1 Å². The van der Waals surface area contributed by atoms with Crippen molar-refractivity contribution in [3.8, 4) is 0 Å². The Kier molecular flexibility index (Phi) is 6.50. The van der Waals surface area contributed by atoms with E-state index in [0.29, 0.717) is 6.04 Å². The van der Waals surface area contributed by atoms with Gasteiger partial charge in [0, 0.05) is 19.2 Å². The quantitative estimate of drug-likeness (QED) is 0.788. The molecule has 0 bridgehead atoms. The highest BCUT2D eigenvalue weighted by atomic mass is 16.5. The van der Waals surface area contributed by atoms with E-state index in [4.69, 9.17) is 4.74 Å². The topological polar surface area (TPSA) is 21.3 Å². The number of ether oxygens (including phenoxy) is 1. The van der Waals surface area contributed by atoms with E-state index in [0.717, 1.165) is 12.5 Å². The summed E-state index contributed by atoms with van der Waals surface area (Å²) in [5, 5.41) is 3.80. The summed E-state index contributed by atoms with van der Waals surface area (Å²) in [7, 11) is 1.81. The molecule has 1 unspecified atom stereocenters. The standard InChI is InChI=1S/C15H31NO/c1-13(12-15(2,3)17-4)16-14-10-8-6-5-7-9-11-14/h13-14,16H,5-12H2,1-4H3. The highest BCUT2D eigenvalue weighted by Crippen LogP contribution is 2.20. The normalized spacial score (nSPS) is 21.9. The van der Waals surface area contributed by atoms with Gasteiger partial charge in [0.1, 0.15) is 0 Å². The van der Waals surface area contributed by atoms with Gasteiger partial charge in [0.25, 0.3) is 0 Å². The first kappa shape index (κ1) is 15.0. The van der Waals surface area contributed by atoms with Crippen molar-refractivity contribution < 1.29 is 4.74 Å². The molecule has 1 aliphatic rings. The summed E-state index contributed by atoms with van der Waals surface area (Å²) >= 11 is 0. The van der Waals surface area contributed by atoms with E-state index in [1.54, 1.807) is 0 Å². The molecule has 2 nitrogen and oxygen atoms in total. The molecular formula is C15H31NO. The smallest absolute Gasteiger partial charge is 0.0637 e. The molecule has 0 aromatic heterocycles. The molecule has 2 heteroatoms. The molecule has 0 heterocycles. The second kappa shape index (κ2) is 7.38. The lowest BCUT2D eigenvalue weighted by atomic mass is 9.94. The van der Waals surface area contributed by atoms with Crippen LogP contribution in [-0.2, 0) is 4.74 Å². The van der Waals surface area contributed by atoms with Crippen LogP contribution in [-0.4, -0.2) is 24.8 Å². The lowest BCUT2D eigenvalue weighted by molar-refractivity contribution is 0.00742. The average Bonchev–Trinajstić information content (AvgIpc) is 2.21. The minimum absolute atomic E-state index is 0.00592. The summed E-state index contributed by atoms with van der Waals surface area (Å²) in [6.45, 7) is 6.63. The van der Waals surface area contributed by atoms with Crippen LogP contribution in [0, 0.1) is 0 Å². The van der Waals surface area contributed by atoms with Crippen LogP contribution in [0.4, 0.5) is 0 Å². The maximum absolute atomic E-state index is 5.50. The molecule has 0 aromatic carbocycles. The largest absolute Gasteiger partial charge is 0.379 e. The molecule has 0 aliphatic heterocycles. The van der Waals surface area contributed by atoms with Crippen LogP contribution in [0.3, 0.4) is 0 Å². The molecular weight excluding hydrogens is 210 g/mol. The van der Waals surface area contributed by atoms with Crippen molar-refractivity contribution in [2.24, 2.45) is 0 Å². The van der Waals surface area contributed by atoms with Crippen molar-refractivity contribution in [3.63, 3.8) is 0 Å². The van der Waals surface area contributed by atoms with Gasteiger partial charge in [-0.25, -0.2) is 0 Å². The SMILES string of the molecule is COC(C)(C)CC(C)NC1CCCCCCC1. The minimum atomic E-state index is -0.00592. The van der Waals surface area contributed by atoms with Gasteiger partial charge in [-0.3, -0.25) is 0 Å². The third-order valence-electron chi connectivity index (χ3n) is 3.98. The van der Waals surface area contributed by atoms with Crippen molar-refractivity contribution in [2.45, 2.75) is 89.8 Å². The van der Waals surface area contributed by atoms with Crippen molar-refractivity contribution in [3.05, 3.63) is 0 Å². The van der Waals surface area contributed by atoms with E-state index < -0.39 is 0 Å². The van der Waals surface area contributed by atoms with E-state index in [1.165, 1.54) is 44.9 Å². The molecule has 0 saturated heterocycles. The van der Waals surface area contributed by atoms with Gasteiger partial charge in [-0.2, -0.15) is 0 Å². The summed E-state index contributed by atoms with van der Waals surface area (Å²) < 4.78 is 5.50. The predicted molar refractivity (Wildman–Crippen MR) is 74.4 cm³/mol. The molecule has 1 saturated carbocycles. The number of hydrogen-bond donors (Lipinski definition) is 1. The van der Waals surface area contributed by atoms with Crippen LogP contribution < -0.4 is 5.32 Å². The van der Waals surface area contributed by atoms with Gasteiger partial charge in [-0.15, -0.1) is 0 Å². The van der Waals surface area contributed by atoms with Gasteiger partial charge in [0.05, 0.1) is 5.60 Å². The molecule has 1 N–H and O–H groups in total. The number of hydrogen-bond acceptors (Lipinski definition) is 2. The number of rotatable bonds is 5. The third-order valence-corrected chi connectivity index (χ3v) is 3.98. The molecule has 1 aliphatic carbocycles. The fraction of sp³-hybridized carbons (Fsp3) is 1.00. The first-order valence-electron chi connectivity index (χ1n) is 7.35. The first-order valence-corrected chi connectivity index (χ1v) is 7.35. The average molecular weight is 241 g/mol. The first-order chi connectivity index (χ1) is 8.03. The molecule has 1 atom stereocenters. The minimum Gasteiger partial charge on any atom is -0.379 e. The summed E-state index contributed by atoms with van der Waals surface area (Å²) in [5.74, 6) is 0. The maximum Gasteiger partial charge on any atom is 0.0637 e. The van der Waals surface area contributed by atoms with Gasteiger partial charge >= 0.3 is 0 Å². The summed E-state index contributed by atoms with van der Waals surface area (Å²) in [4.78, 5) is 0. The van der Waals surface area contributed by atoms with Gasteiger partial charge in [0.15, 0.2) is 0 Å². The van der Waals surface area contributed by atoms with Crippen LogP contribution in [0.5, 0.6) is 0 Å². The Morgan fingerprint density at radius 1 is 1.12 bits per heavy atom. The molecule has 0 aromatic rings. The van der Waals surface area contributed by atoms with Crippen LogP contribution >= 0.6 is 0 Å². The number of methoxy groups -OCH3 is 1. The Bertz CT molecular complexity index is 195. The van der Waals surface area contributed by atoms with Crippen LogP contribution in [0.2, 0.25) is 0 Å². The van der Waals surface area contributed by atoms with Crippen LogP contribution in [0.15, 0.2) is 0 Å². The Labute approximate surface area is 108 Å². The van der Waals surface area contributed by atoms with E-state index >= 15 is 0 Å². The van der Waals surface area contributed by atoms with E-state index in [9.17, 15) is 0 Å². The molecule has 0 amide bonds. The summed E-state index contributed by atoms with van der Waals surface area (Å²) in [6.07, 6.45) is 10.9. The molecule has 102 valence electrons. The summed E-state index contributed by atoms with van der Waals surface area (Å²) in [5.41, 5.74) is -0.00592. The Hall–Kier alpha value is -0.0800. The molecule has 17 heavy (non-hydrogen) atoms. The zero-order chi connectivity index (χ0) is 12.7. The highest BCUT2D eigenvalue weighted by Gasteiger charge is 2.22. The van der Waals surface area contributed by atoms with Gasteiger partial charge < -0.3 is 10.1 Å². The molecule has 0 radical (unpaired) electrons. The van der Waals surface area contributed by atoms with E-state index in [-0.39, 0.29) is 5.60 Å². The lowest BCUT2D eigenvalue weighted by Gasteiger charge is -2.30. The monoisotopic (exact) mass is 241 g/mol. The van der Waals surface area contributed by atoms with Crippen molar-refractivity contribution in [1.82, 2.24) is 5.32 Å². The van der Waals surface area contributed by atoms with Crippen molar-refractivity contribution in [2.75, 3.05) is 7.11 Å². The second-order valence-corrected chi connectivity index (χ2v) is 6.28. The maximum atomic E-state index is 5.50. The fourth-order valence-electron chi connectivity index (χ4n) is 2.90.